The van der Waals surface area contributed by atoms with Gasteiger partial charge >= 0.3 is 0 Å². The molecule has 0 radical (unpaired) electrons. The van der Waals surface area contributed by atoms with Gasteiger partial charge in [0.15, 0.2) is 6.54 Å². The number of anilines is 1. The molecule has 2 aromatic carbocycles. The lowest BCUT2D eigenvalue weighted by molar-refractivity contribution is -0.682. The number of carbonyl (C=O) groups excluding carboxylic acids is 1. The molecule has 0 unspecified atom stereocenters. The average molecular weight is 330 g/mol. The minimum absolute atomic E-state index is 0.0313. The summed E-state index contributed by atoms with van der Waals surface area (Å²) < 4.78 is 0. The summed E-state index contributed by atoms with van der Waals surface area (Å²) in [4.78, 5) is 12.1. The predicted molar refractivity (Wildman–Crippen MR) is 93.8 cm³/mol. The van der Waals surface area contributed by atoms with E-state index in [1.807, 2.05) is 35.6 Å². The van der Waals surface area contributed by atoms with E-state index in [0.717, 1.165) is 23.6 Å². The first-order valence-corrected chi connectivity index (χ1v) is 8.50. The molecule has 3 nitrogen and oxygen atoms in total. The van der Waals surface area contributed by atoms with Gasteiger partial charge in [0.25, 0.3) is 5.91 Å². The molecule has 0 saturated carbocycles. The minimum atomic E-state index is 0.0313. The second-order valence-corrected chi connectivity index (χ2v) is 6.60. The van der Waals surface area contributed by atoms with Crippen LogP contribution in [0.3, 0.4) is 0 Å². The number of quaternary nitrogens is 1. The monoisotopic (exact) mass is 329 g/mol. The first kappa shape index (κ1) is 16.0. The van der Waals surface area contributed by atoms with Gasteiger partial charge in [-0.05, 0) is 61.6 Å². The molecule has 1 amide bonds. The van der Waals surface area contributed by atoms with E-state index in [1.165, 1.54) is 23.1 Å². The van der Waals surface area contributed by atoms with Crippen LogP contribution in [-0.4, -0.2) is 12.5 Å². The number of nitrogens with two attached hydrogens (primary N) is 1. The lowest BCUT2D eigenvalue weighted by atomic mass is 10.1. The Kier molecular flexibility index (Phi) is 4.99. The smallest absolute Gasteiger partial charge is 0.279 e. The fourth-order valence-corrected chi connectivity index (χ4v) is 3.17. The number of carbonyl (C=O) groups is 1. The third-order valence-electron chi connectivity index (χ3n) is 4.43. The molecular formula is C19H22ClN2O+. The predicted octanol–water partition coefficient (Wildman–Crippen LogP) is 3.09. The van der Waals surface area contributed by atoms with Crippen LogP contribution in [0.5, 0.6) is 0 Å². The van der Waals surface area contributed by atoms with Crippen LogP contribution in [0.2, 0.25) is 5.02 Å². The van der Waals surface area contributed by atoms with Crippen LogP contribution in [0.25, 0.3) is 0 Å². The standard InChI is InChI=1S/C19H21ClN2O/c1-13(14-5-8-17(20)9-6-14)21-12-19(23)22-18-10-7-15-3-2-4-16(15)11-18/h5-11,13,21H,2-4,12H2,1H3,(H,22,23)/p+1/t13-/m0/s1. The molecule has 0 saturated heterocycles. The Bertz CT molecular complexity index is 697. The molecule has 0 aromatic heterocycles. The van der Waals surface area contributed by atoms with Gasteiger partial charge in [0.2, 0.25) is 0 Å². The van der Waals surface area contributed by atoms with Crippen LogP contribution in [0.1, 0.15) is 36.1 Å². The molecule has 2 aromatic rings. The van der Waals surface area contributed by atoms with Gasteiger partial charge in [0.1, 0.15) is 6.04 Å². The van der Waals surface area contributed by atoms with Crippen molar-refractivity contribution < 1.29 is 10.1 Å². The van der Waals surface area contributed by atoms with Crippen molar-refractivity contribution in [3.63, 3.8) is 0 Å². The van der Waals surface area contributed by atoms with Gasteiger partial charge in [0.05, 0.1) is 0 Å². The van der Waals surface area contributed by atoms with Crippen molar-refractivity contribution in [2.45, 2.75) is 32.2 Å². The molecule has 0 aliphatic heterocycles. The number of aryl methyl sites for hydroxylation is 2. The molecule has 0 heterocycles. The molecule has 3 N–H and O–H groups in total. The quantitative estimate of drug-likeness (QED) is 0.870. The fourth-order valence-electron chi connectivity index (χ4n) is 3.05. The molecule has 3 rings (SSSR count). The number of benzene rings is 2. The molecule has 23 heavy (non-hydrogen) atoms. The van der Waals surface area contributed by atoms with E-state index >= 15 is 0 Å². The van der Waals surface area contributed by atoms with E-state index in [1.54, 1.807) is 0 Å². The Morgan fingerprint density at radius 3 is 2.70 bits per heavy atom. The Morgan fingerprint density at radius 2 is 1.91 bits per heavy atom. The lowest BCUT2D eigenvalue weighted by Gasteiger charge is -2.12. The number of hydrogen-bond acceptors (Lipinski definition) is 1. The third-order valence-corrected chi connectivity index (χ3v) is 4.69. The first-order chi connectivity index (χ1) is 11.1. The lowest BCUT2D eigenvalue weighted by Crippen LogP contribution is -2.86. The average Bonchev–Trinajstić information content (AvgIpc) is 3.01. The summed E-state index contributed by atoms with van der Waals surface area (Å²) in [5, 5.41) is 5.76. The SMILES string of the molecule is C[C@H]([NH2+]CC(=O)Nc1ccc2c(c1)CCC2)c1ccc(Cl)cc1. The summed E-state index contributed by atoms with van der Waals surface area (Å²) in [6, 6.07) is 14.2. The summed E-state index contributed by atoms with van der Waals surface area (Å²) >= 11 is 5.90. The van der Waals surface area contributed by atoms with E-state index in [4.69, 9.17) is 11.6 Å². The highest BCUT2D eigenvalue weighted by atomic mass is 35.5. The van der Waals surface area contributed by atoms with Crippen molar-refractivity contribution in [1.82, 2.24) is 0 Å². The number of amides is 1. The Labute approximate surface area is 142 Å². The summed E-state index contributed by atoms with van der Waals surface area (Å²) in [6.45, 7) is 2.49. The summed E-state index contributed by atoms with van der Waals surface area (Å²) in [5.41, 5.74) is 4.87. The third kappa shape index (κ3) is 4.12. The topological polar surface area (TPSA) is 45.7 Å². The van der Waals surface area contributed by atoms with Gasteiger partial charge in [0, 0.05) is 16.3 Å². The molecule has 4 heteroatoms. The van der Waals surface area contributed by atoms with Crippen molar-refractivity contribution in [2.75, 3.05) is 11.9 Å². The fraction of sp³-hybridized carbons (Fsp3) is 0.316. The molecule has 120 valence electrons. The van der Waals surface area contributed by atoms with E-state index in [0.29, 0.717) is 6.54 Å². The van der Waals surface area contributed by atoms with Crippen molar-refractivity contribution in [3.05, 3.63) is 64.2 Å². The van der Waals surface area contributed by atoms with Gasteiger partial charge in [-0.2, -0.15) is 0 Å². The highest BCUT2D eigenvalue weighted by Gasteiger charge is 2.14. The van der Waals surface area contributed by atoms with Crippen LogP contribution in [-0.2, 0) is 17.6 Å². The van der Waals surface area contributed by atoms with E-state index in [9.17, 15) is 4.79 Å². The normalized spacial score (nSPS) is 14.3. The van der Waals surface area contributed by atoms with E-state index in [-0.39, 0.29) is 11.9 Å². The van der Waals surface area contributed by atoms with Crippen LogP contribution in [0.4, 0.5) is 5.69 Å². The van der Waals surface area contributed by atoms with Gasteiger partial charge in [-0.1, -0.05) is 29.8 Å². The molecule has 0 spiro atoms. The Balaban J connectivity index is 1.52. The molecule has 1 aliphatic rings. The second kappa shape index (κ2) is 7.16. The zero-order valence-electron chi connectivity index (χ0n) is 13.3. The zero-order chi connectivity index (χ0) is 16.2. The number of rotatable bonds is 5. The minimum Gasteiger partial charge on any atom is -0.333 e. The first-order valence-electron chi connectivity index (χ1n) is 8.12. The van der Waals surface area contributed by atoms with E-state index < -0.39 is 0 Å². The molecule has 1 aliphatic carbocycles. The maximum Gasteiger partial charge on any atom is 0.279 e. The molecular weight excluding hydrogens is 308 g/mol. The van der Waals surface area contributed by atoms with Crippen molar-refractivity contribution in [1.29, 1.82) is 0 Å². The number of nitrogens with one attached hydrogen (secondary N) is 1. The highest BCUT2D eigenvalue weighted by Crippen LogP contribution is 2.24. The second-order valence-electron chi connectivity index (χ2n) is 6.17. The van der Waals surface area contributed by atoms with Crippen LogP contribution in [0, 0.1) is 0 Å². The maximum absolute atomic E-state index is 12.1. The molecule has 0 fully saturated rings. The van der Waals surface area contributed by atoms with E-state index in [2.05, 4.69) is 24.4 Å². The Morgan fingerprint density at radius 1 is 1.17 bits per heavy atom. The number of fused-ring (bicyclic) bond motifs is 1. The van der Waals surface area contributed by atoms with Crippen molar-refractivity contribution >= 4 is 23.2 Å². The number of hydrogen-bond donors (Lipinski definition) is 2. The van der Waals surface area contributed by atoms with Crippen molar-refractivity contribution in [2.24, 2.45) is 0 Å². The number of halogens is 1. The van der Waals surface area contributed by atoms with Gasteiger partial charge in [-0.15, -0.1) is 0 Å². The van der Waals surface area contributed by atoms with Crippen LogP contribution < -0.4 is 10.6 Å². The largest absolute Gasteiger partial charge is 0.333 e. The van der Waals surface area contributed by atoms with Gasteiger partial charge < -0.3 is 10.6 Å². The Hall–Kier alpha value is -1.84. The molecule has 1 atom stereocenters. The van der Waals surface area contributed by atoms with Crippen LogP contribution >= 0.6 is 11.6 Å². The van der Waals surface area contributed by atoms with Crippen molar-refractivity contribution in [3.8, 4) is 0 Å². The van der Waals surface area contributed by atoms with Crippen LogP contribution in [0.15, 0.2) is 42.5 Å². The van der Waals surface area contributed by atoms with Gasteiger partial charge in [-0.25, -0.2) is 0 Å². The summed E-state index contributed by atoms with van der Waals surface area (Å²) in [5.74, 6) is 0.0313. The summed E-state index contributed by atoms with van der Waals surface area (Å²) in [7, 11) is 0. The summed E-state index contributed by atoms with van der Waals surface area (Å²) in [6.07, 6.45) is 3.51. The van der Waals surface area contributed by atoms with Gasteiger partial charge in [-0.3, -0.25) is 4.79 Å². The zero-order valence-corrected chi connectivity index (χ0v) is 14.1. The molecule has 0 bridgehead atoms. The maximum atomic E-state index is 12.1. The highest BCUT2D eigenvalue weighted by molar-refractivity contribution is 6.30.